The molecule has 0 saturated heterocycles. The minimum atomic E-state index is -0.393. The van der Waals surface area contributed by atoms with Gasteiger partial charge in [0.25, 0.3) is 0 Å². The van der Waals surface area contributed by atoms with Crippen LogP contribution in [0.1, 0.15) is 41.0 Å². The van der Waals surface area contributed by atoms with Gasteiger partial charge >= 0.3 is 0 Å². The van der Waals surface area contributed by atoms with Crippen LogP contribution in [0.25, 0.3) is 0 Å². The average molecular weight is 435 g/mol. The fourth-order valence-corrected chi connectivity index (χ4v) is 4.63. The predicted octanol–water partition coefficient (Wildman–Crippen LogP) is 4.85. The van der Waals surface area contributed by atoms with Gasteiger partial charge in [0.1, 0.15) is 22.7 Å². The predicted molar refractivity (Wildman–Crippen MR) is 124 cm³/mol. The molecule has 1 atom stereocenters. The number of anilines is 1. The first-order valence-electron chi connectivity index (χ1n) is 9.29. The molecule has 0 amide bonds. The van der Waals surface area contributed by atoms with E-state index in [-0.39, 0.29) is 11.7 Å². The smallest absolute Gasteiger partial charge is 0.132 e. The van der Waals surface area contributed by atoms with Crippen molar-refractivity contribution in [3.63, 3.8) is 0 Å². The van der Waals surface area contributed by atoms with Gasteiger partial charge in [-0.1, -0.05) is 35.6 Å². The van der Waals surface area contributed by atoms with E-state index in [0.29, 0.717) is 5.02 Å². The van der Waals surface area contributed by atoms with Crippen LogP contribution in [0.15, 0.2) is 41.7 Å². The van der Waals surface area contributed by atoms with Gasteiger partial charge in [-0.25, -0.2) is 0 Å². The van der Waals surface area contributed by atoms with Crippen LogP contribution in [0.5, 0.6) is 0 Å². The number of hydrogen-bond donors (Lipinski definition) is 3. The third-order valence-electron chi connectivity index (χ3n) is 4.80. The molecule has 1 aliphatic rings. The van der Waals surface area contributed by atoms with Gasteiger partial charge in [0.05, 0.1) is 22.3 Å². The highest BCUT2D eigenvalue weighted by Crippen LogP contribution is 2.40. The van der Waals surface area contributed by atoms with Crippen molar-refractivity contribution in [2.24, 2.45) is 4.99 Å². The number of aliphatic imine (C=N–C) groups is 1. The fourth-order valence-electron chi connectivity index (χ4n) is 3.28. The quantitative estimate of drug-likeness (QED) is 0.290. The Hall–Kier alpha value is -3.21. The first kappa shape index (κ1) is 20.1. The van der Waals surface area contributed by atoms with Gasteiger partial charge in [0.2, 0.25) is 0 Å². The fraction of sp³-hybridized carbons (Fsp3) is 0.182. The van der Waals surface area contributed by atoms with E-state index in [2.05, 4.69) is 22.0 Å². The van der Waals surface area contributed by atoms with Gasteiger partial charge < -0.3 is 0 Å². The van der Waals surface area contributed by atoms with Crippen molar-refractivity contribution in [3.05, 3.63) is 68.8 Å². The maximum absolute atomic E-state index is 8.65. The molecule has 0 spiro atoms. The summed E-state index contributed by atoms with van der Waals surface area (Å²) in [7, 11) is 0. The number of benzene rings is 1. The van der Waals surface area contributed by atoms with Crippen LogP contribution >= 0.6 is 22.9 Å². The zero-order valence-electron chi connectivity index (χ0n) is 16.7. The minimum absolute atomic E-state index is 0.267. The zero-order valence-corrected chi connectivity index (χ0v) is 18.2. The molecule has 0 aliphatic carbocycles. The maximum Gasteiger partial charge on any atom is 0.132 e. The summed E-state index contributed by atoms with van der Waals surface area (Å²) >= 11 is 7.56. The summed E-state index contributed by atoms with van der Waals surface area (Å²) < 4.78 is 0. The lowest BCUT2D eigenvalue weighted by Crippen LogP contribution is -2.38. The molecule has 1 aliphatic heterocycles. The molecular weight excluding hydrogens is 416 g/mol. The summed E-state index contributed by atoms with van der Waals surface area (Å²) in [6, 6.07) is 7.14. The summed E-state index contributed by atoms with van der Waals surface area (Å²) in [6.45, 7) is 5.57. The van der Waals surface area contributed by atoms with Crippen molar-refractivity contribution < 1.29 is 0 Å². The average Bonchev–Trinajstić information content (AvgIpc) is 3.31. The van der Waals surface area contributed by atoms with Gasteiger partial charge in [-0.05, 0) is 38.5 Å². The molecule has 3 heterocycles. The second kappa shape index (κ2) is 7.90. The van der Waals surface area contributed by atoms with E-state index >= 15 is 0 Å². The Morgan fingerprint density at radius 3 is 2.63 bits per heavy atom. The van der Waals surface area contributed by atoms with Crippen LogP contribution < -0.4 is 4.90 Å². The van der Waals surface area contributed by atoms with Gasteiger partial charge in [-0.3, -0.25) is 25.8 Å². The lowest BCUT2D eigenvalue weighted by atomic mass is 9.99. The molecule has 4 rings (SSSR count). The number of halogens is 1. The van der Waals surface area contributed by atoms with E-state index < -0.39 is 6.04 Å². The van der Waals surface area contributed by atoms with Crippen molar-refractivity contribution in [3.8, 4) is 11.8 Å². The third kappa shape index (κ3) is 3.56. The normalized spacial score (nSPS) is 15.7. The summed E-state index contributed by atoms with van der Waals surface area (Å²) in [6.07, 6.45) is 3.42. The number of fused-ring (bicyclic) bond motifs is 1. The Morgan fingerprint density at radius 2 is 2.00 bits per heavy atom. The zero-order chi connectivity index (χ0) is 21.4. The van der Waals surface area contributed by atoms with Crippen LogP contribution in [-0.4, -0.2) is 33.6 Å². The number of hydrogen-bond acceptors (Lipinski definition) is 5. The molecule has 30 heavy (non-hydrogen) atoms. The van der Waals surface area contributed by atoms with Crippen molar-refractivity contribution in [2.75, 3.05) is 4.90 Å². The monoisotopic (exact) mass is 434 g/mol. The number of H-pyrrole nitrogens is 1. The maximum atomic E-state index is 8.65. The molecule has 1 aromatic carbocycles. The van der Waals surface area contributed by atoms with Gasteiger partial charge in [0.15, 0.2) is 0 Å². The van der Waals surface area contributed by atoms with Crippen LogP contribution in [-0.2, 0) is 0 Å². The second-order valence-corrected chi connectivity index (χ2v) is 8.38. The SMILES string of the molecule is CC(=N)N1C(=N)[C@H](C)N=C(c2ccc(Cl)cc2)c2c1sc(C#Cc1cn[nH]c1)c2C. The minimum Gasteiger partial charge on any atom is -0.288 e. The van der Waals surface area contributed by atoms with Crippen molar-refractivity contribution in [1.29, 1.82) is 10.8 Å². The summed E-state index contributed by atoms with van der Waals surface area (Å²) in [4.78, 5) is 7.40. The number of aromatic amines is 1. The molecule has 8 heteroatoms. The molecule has 0 saturated carbocycles. The van der Waals surface area contributed by atoms with E-state index in [4.69, 9.17) is 27.4 Å². The molecule has 3 N–H and O–H groups in total. The number of thiophene rings is 1. The van der Waals surface area contributed by atoms with Crippen LogP contribution in [0.4, 0.5) is 5.00 Å². The van der Waals surface area contributed by atoms with Crippen molar-refractivity contribution in [1.82, 2.24) is 10.2 Å². The Kier molecular flexibility index (Phi) is 5.29. The van der Waals surface area contributed by atoms with E-state index in [1.807, 2.05) is 38.1 Å². The molecule has 0 radical (unpaired) electrons. The summed E-state index contributed by atoms with van der Waals surface area (Å²) in [5, 5.41) is 25.1. The number of amidine groups is 2. The first-order valence-corrected chi connectivity index (χ1v) is 10.5. The second-order valence-electron chi connectivity index (χ2n) is 6.94. The highest BCUT2D eigenvalue weighted by molar-refractivity contribution is 7.17. The Labute approximate surface area is 183 Å². The van der Waals surface area contributed by atoms with E-state index in [9.17, 15) is 0 Å². The molecular formula is C22H19ClN6S. The lowest BCUT2D eigenvalue weighted by molar-refractivity contribution is 0.951. The van der Waals surface area contributed by atoms with Crippen LogP contribution in [0.3, 0.4) is 0 Å². The van der Waals surface area contributed by atoms with Gasteiger partial charge in [0, 0.05) is 22.3 Å². The third-order valence-corrected chi connectivity index (χ3v) is 6.24. The number of rotatable bonds is 1. The first-order chi connectivity index (χ1) is 14.4. The van der Waals surface area contributed by atoms with E-state index in [1.54, 1.807) is 24.2 Å². The molecule has 0 bridgehead atoms. The highest BCUT2D eigenvalue weighted by Gasteiger charge is 2.32. The summed E-state index contributed by atoms with van der Waals surface area (Å²) in [5.74, 6) is 6.88. The van der Waals surface area contributed by atoms with Crippen LogP contribution in [0, 0.1) is 29.6 Å². The Morgan fingerprint density at radius 1 is 1.27 bits per heavy atom. The lowest BCUT2D eigenvalue weighted by Gasteiger charge is -2.23. The van der Waals surface area contributed by atoms with Crippen molar-refractivity contribution in [2.45, 2.75) is 26.8 Å². The molecule has 0 unspecified atom stereocenters. The van der Waals surface area contributed by atoms with Crippen LogP contribution in [0.2, 0.25) is 5.02 Å². The number of nitrogens with zero attached hydrogens (tertiary/aromatic N) is 3. The Balaban J connectivity index is 1.95. The topological polar surface area (TPSA) is 92.0 Å². The standard InChI is InChI=1S/C22H19ClN6S/c1-12-18(9-4-15-10-26-27-11-15)30-22-19(12)20(16-5-7-17(23)8-6-16)28-13(2)21(25)29(22)14(3)24/h5-8,10-11,13,24-25H,1-3H3,(H,26,27)/t13-/m0/s1. The number of aromatic nitrogens is 2. The van der Waals surface area contributed by atoms with E-state index in [0.717, 1.165) is 37.8 Å². The molecule has 150 valence electrons. The number of nitrogens with one attached hydrogen (secondary N) is 3. The van der Waals surface area contributed by atoms with Crippen molar-refractivity contribution >= 4 is 45.3 Å². The van der Waals surface area contributed by atoms with Gasteiger partial charge in [-0.15, -0.1) is 11.3 Å². The molecule has 0 fully saturated rings. The molecule has 3 aromatic rings. The highest BCUT2D eigenvalue weighted by atomic mass is 35.5. The van der Waals surface area contributed by atoms with Gasteiger partial charge in [-0.2, -0.15) is 5.10 Å². The Bertz CT molecular complexity index is 1230. The van der Waals surface area contributed by atoms with E-state index in [1.165, 1.54) is 11.3 Å². The largest absolute Gasteiger partial charge is 0.288 e. The molecule has 6 nitrogen and oxygen atoms in total. The summed E-state index contributed by atoms with van der Waals surface area (Å²) in [5.41, 5.74) is 4.38. The molecule has 2 aromatic heterocycles.